The number of likely N-dealkylation sites (tertiary alicyclic amines) is 1. The highest BCUT2D eigenvalue weighted by molar-refractivity contribution is 9.10. The first kappa shape index (κ1) is 15.3. The van der Waals surface area contributed by atoms with Crippen molar-refractivity contribution in [1.29, 1.82) is 0 Å². The third-order valence-corrected chi connectivity index (χ3v) is 5.21. The highest BCUT2D eigenvalue weighted by atomic mass is 79.9. The van der Waals surface area contributed by atoms with Crippen LogP contribution < -0.4 is 0 Å². The summed E-state index contributed by atoms with van der Waals surface area (Å²) in [7, 11) is 0. The minimum absolute atomic E-state index is 0.0704. The van der Waals surface area contributed by atoms with Crippen molar-refractivity contribution in [3.8, 4) is 0 Å². The van der Waals surface area contributed by atoms with Gasteiger partial charge in [-0.3, -0.25) is 9.20 Å². The molecule has 3 heterocycles. The van der Waals surface area contributed by atoms with Gasteiger partial charge in [0.25, 0.3) is 5.91 Å². The van der Waals surface area contributed by atoms with Gasteiger partial charge in [-0.15, -0.1) is 10.2 Å². The number of carbonyl (C=O) groups excluding carboxylic acids is 1. The SMILES string of the molecule is O=C(c1ccccc1Br)N1CCC[C@@H](c2nnc3ccccn23)C1. The number of benzene rings is 1. The predicted octanol–water partition coefficient (Wildman–Crippen LogP) is 3.51. The number of carbonyl (C=O) groups is 1. The summed E-state index contributed by atoms with van der Waals surface area (Å²) in [5, 5.41) is 8.61. The fourth-order valence-electron chi connectivity index (χ4n) is 3.32. The van der Waals surface area contributed by atoms with E-state index in [9.17, 15) is 4.79 Å². The first-order valence-corrected chi connectivity index (χ1v) is 8.87. The lowest BCUT2D eigenvalue weighted by Gasteiger charge is -2.32. The maximum absolute atomic E-state index is 12.9. The van der Waals surface area contributed by atoms with Gasteiger partial charge in [-0.2, -0.15) is 0 Å². The Morgan fingerprint density at radius 3 is 2.83 bits per heavy atom. The van der Waals surface area contributed by atoms with Crippen LogP contribution >= 0.6 is 15.9 Å². The average Bonchev–Trinajstić information content (AvgIpc) is 3.06. The van der Waals surface area contributed by atoms with E-state index in [1.807, 2.05) is 58.0 Å². The van der Waals surface area contributed by atoms with Gasteiger partial charge < -0.3 is 4.90 Å². The van der Waals surface area contributed by atoms with Crippen LogP contribution in [0.3, 0.4) is 0 Å². The maximum Gasteiger partial charge on any atom is 0.255 e. The van der Waals surface area contributed by atoms with Gasteiger partial charge in [0, 0.05) is 29.7 Å². The number of pyridine rings is 1. The average molecular weight is 385 g/mol. The number of amides is 1. The van der Waals surface area contributed by atoms with Crippen LogP contribution in [-0.4, -0.2) is 38.5 Å². The molecule has 0 unspecified atom stereocenters. The largest absolute Gasteiger partial charge is 0.338 e. The van der Waals surface area contributed by atoms with Crippen LogP contribution in [0.15, 0.2) is 53.1 Å². The Labute approximate surface area is 148 Å². The summed E-state index contributed by atoms with van der Waals surface area (Å²) in [4.78, 5) is 14.8. The molecule has 0 saturated carbocycles. The zero-order valence-corrected chi connectivity index (χ0v) is 14.7. The molecule has 0 radical (unpaired) electrons. The molecule has 0 N–H and O–H groups in total. The summed E-state index contributed by atoms with van der Waals surface area (Å²) >= 11 is 3.48. The molecular formula is C18H17BrN4O. The minimum Gasteiger partial charge on any atom is -0.338 e. The van der Waals surface area contributed by atoms with Crippen molar-refractivity contribution in [3.63, 3.8) is 0 Å². The summed E-state index contributed by atoms with van der Waals surface area (Å²) in [5.41, 5.74) is 1.56. The normalized spacial score (nSPS) is 18.0. The Bertz CT molecular complexity index is 891. The lowest BCUT2D eigenvalue weighted by molar-refractivity contribution is 0.0703. The summed E-state index contributed by atoms with van der Waals surface area (Å²) in [6.45, 7) is 1.46. The number of hydrogen-bond donors (Lipinski definition) is 0. The van der Waals surface area contributed by atoms with Crippen LogP contribution in [0.25, 0.3) is 5.65 Å². The van der Waals surface area contributed by atoms with Gasteiger partial charge in [0.1, 0.15) is 5.82 Å². The minimum atomic E-state index is 0.0704. The van der Waals surface area contributed by atoms with E-state index in [2.05, 4.69) is 26.1 Å². The van der Waals surface area contributed by atoms with Gasteiger partial charge >= 0.3 is 0 Å². The molecular weight excluding hydrogens is 368 g/mol. The smallest absolute Gasteiger partial charge is 0.255 e. The second-order valence-electron chi connectivity index (χ2n) is 6.06. The summed E-state index contributed by atoms with van der Waals surface area (Å²) in [6, 6.07) is 13.5. The maximum atomic E-state index is 12.9. The molecule has 4 rings (SSSR count). The third-order valence-electron chi connectivity index (χ3n) is 4.52. The molecule has 0 aliphatic carbocycles. The van der Waals surface area contributed by atoms with E-state index in [1.54, 1.807) is 0 Å². The van der Waals surface area contributed by atoms with Crippen molar-refractivity contribution in [2.24, 2.45) is 0 Å². The van der Waals surface area contributed by atoms with Crippen LogP contribution in [0.1, 0.15) is 34.9 Å². The van der Waals surface area contributed by atoms with Crippen molar-refractivity contribution in [2.45, 2.75) is 18.8 Å². The van der Waals surface area contributed by atoms with Crippen molar-refractivity contribution in [3.05, 3.63) is 64.5 Å². The van der Waals surface area contributed by atoms with Gasteiger partial charge in [-0.25, -0.2) is 0 Å². The standard InChI is InChI=1S/C18H17BrN4O/c19-15-8-2-1-7-14(15)18(24)22-10-5-6-13(12-22)17-21-20-16-9-3-4-11-23(16)17/h1-4,7-9,11,13H,5-6,10,12H2/t13-/m1/s1. The molecule has 6 heteroatoms. The van der Waals surface area contributed by atoms with Crippen LogP contribution in [-0.2, 0) is 0 Å². The summed E-state index contributed by atoms with van der Waals surface area (Å²) in [5.74, 6) is 1.22. The number of fused-ring (bicyclic) bond motifs is 1. The number of piperidine rings is 1. The first-order valence-electron chi connectivity index (χ1n) is 8.07. The fraction of sp³-hybridized carbons (Fsp3) is 0.278. The summed E-state index contributed by atoms with van der Waals surface area (Å²) in [6.07, 6.45) is 3.98. The molecule has 1 saturated heterocycles. The molecule has 1 aliphatic rings. The zero-order valence-electron chi connectivity index (χ0n) is 13.1. The molecule has 5 nitrogen and oxygen atoms in total. The van der Waals surface area contributed by atoms with Crippen molar-refractivity contribution in [2.75, 3.05) is 13.1 Å². The molecule has 122 valence electrons. The lowest BCUT2D eigenvalue weighted by atomic mass is 9.96. The van der Waals surface area contributed by atoms with Gasteiger partial charge in [-0.1, -0.05) is 18.2 Å². The lowest BCUT2D eigenvalue weighted by Crippen LogP contribution is -2.39. The Kier molecular flexibility index (Phi) is 4.06. The quantitative estimate of drug-likeness (QED) is 0.679. The van der Waals surface area contributed by atoms with Crippen LogP contribution in [0.5, 0.6) is 0 Å². The summed E-state index contributed by atoms with van der Waals surface area (Å²) < 4.78 is 2.86. The van der Waals surface area contributed by atoms with Gasteiger partial charge in [0.2, 0.25) is 0 Å². The Morgan fingerprint density at radius 1 is 1.12 bits per heavy atom. The van der Waals surface area contributed by atoms with E-state index < -0.39 is 0 Å². The topological polar surface area (TPSA) is 50.5 Å². The van der Waals surface area contributed by atoms with Crippen LogP contribution in [0, 0.1) is 0 Å². The van der Waals surface area contributed by atoms with E-state index in [-0.39, 0.29) is 11.8 Å². The van der Waals surface area contributed by atoms with Crippen molar-refractivity contribution in [1.82, 2.24) is 19.5 Å². The van der Waals surface area contributed by atoms with Gasteiger partial charge in [-0.05, 0) is 53.0 Å². The molecule has 1 amide bonds. The number of nitrogens with zero attached hydrogens (tertiary/aromatic N) is 4. The Balaban J connectivity index is 1.60. The molecule has 2 aromatic heterocycles. The number of rotatable bonds is 2. The van der Waals surface area contributed by atoms with E-state index in [1.165, 1.54) is 0 Å². The zero-order chi connectivity index (χ0) is 16.5. The molecule has 1 atom stereocenters. The Hall–Kier alpha value is -2.21. The predicted molar refractivity (Wildman–Crippen MR) is 95.0 cm³/mol. The van der Waals surface area contributed by atoms with Crippen LogP contribution in [0.4, 0.5) is 0 Å². The molecule has 24 heavy (non-hydrogen) atoms. The number of hydrogen-bond acceptors (Lipinski definition) is 3. The van der Waals surface area contributed by atoms with E-state index in [4.69, 9.17) is 0 Å². The molecule has 1 fully saturated rings. The molecule has 3 aromatic rings. The second kappa shape index (κ2) is 6.36. The van der Waals surface area contributed by atoms with Crippen molar-refractivity contribution < 1.29 is 4.79 Å². The number of halogens is 1. The van der Waals surface area contributed by atoms with E-state index >= 15 is 0 Å². The third kappa shape index (κ3) is 2.71. The first-order chi connectivity index (χ1) is 11.7. The molecule has 0 bridgehead atoms. The van der Waals surface area contributed by atoms with E-state index in [0.29, 0.717) is 12.1 Å². The fourth-order valence-corrected chi connectivity index (χ4v) is 3.77. The Morgan fingerprint density at radius 2 is 1.96 bits per heavy atom. The molecule has 0 spiro atoms. The van der Waals surface area contributed by atoms with Crippen LogP contribution in [0.2, 0.25) is 0 Å². The van der Waals surface area contributed by atoms with Gasteiger partial charge in [0.05, 0.1) is 5.56 Å². The molecule has 1 aromatic carbocycles. The number of aromatic nitrogens is 3. The van der Waals surface area contributed by atoms with Crippen molar-refractivity contribution >= 4 is 27.5 Å². The highest BCUT2D eigenvalue weighted by Gasteiger charge is 2.28. The monoisotopic (exact) mass is 384 g/mol. The molecule has 1 aliphatic heterocycles. The highest BCUT2D eigenvalue weighted by Crippen LogP contribution is 2.28. The van der Waals surface area contributed by atoms with E-state index in [0.717, 1.165) is 35.3 Å². The van der Waals surface area contributed by atoms with Gasteiger partial charge in [0.15, 0.2) is 5.65 Å². The second-order valence-corrected chi connectivity index (χ2v) is 6.91.